The molecule has 35 heavy (non-hydrogen) atoms. The maximum Gasteiger partial charge on any atom is 0.228 e. The molecule has 1 N–H and O–H groups in total. The molecule has 1 heterocycles. The molecule has 1 amide bonds. The minimum Gasteiger partial charge on any atom is -0.357 e. The summed E-state index contributed by atoms with van der Waals surface area (Å²) < 4.78 is 14.0. The molecule has 1 aliphatic carbocycles. The van der Waals surface area contributed by atoms with Crippen LogP contribution in [0.5, 0.6) is 0 Å². The van der Waals surface area contributed by atoms with Crippen molar-refractivity contribution in [3.8, 4) is 0 Å². The molecule has 3 aromatic carbocycles. The van der Waals surface area contributed by atoms with Crippen molar-refractivity contribution in [2.45, 2.75) is 45.1 Å². The molecule has 1 aliphatic heterocycles. The minimum absolute atomic E-state index is 0.0167. The van der Waals surface area contributed by atoms with Gasteiger partial charge in [0.05, 0.1) is 17.4 Å². The van der Waals surface area contributed by atoms with Crippen molar-refractivity contribution in [1.29, 1.82) is 0 Å². The number of carbonyl (C=O) groups is 2. The third kappa shape index (κ3) is 4.51. The van der Waals surface area contributed by atoms with Crippen LogP contribution in [-0.2, 0) is 9.59 Å². The molecule has 0 unspecified atom stereocenters. The van der Waals surface area contributed by atoms with Gasteiger partial charge in [-0.05, 0) is 53.6 Å². The molecule has 0 fully saturated rings. The number of rotatable bonds is 4. The van der Waals surface area contributed by atoms with Gasteiger partial charge in [0, 0.05) is 24.1 Å². The Bertz CT molecular complexity index is 1300. The third-order valence-corrected chi connectivity index (χ3v) is 6.78. The number of allylic oxidation sites excluding steroid dienone is 1. The number of amides is 1. The van der Waals surface area contributed by atoms with Gasteiger partial charge in [-0.2, -0.15) is 0 Å². The summed E-state index contributed by atoms with van der Waals surface area (Å²) in [5.74, 6) is -0.295. The number of benzene rings is 3. The van der Waals surface area contributed by atoms with E-state index >= 15 is 0 Å². The van der Waals surface area contributed by atoms with E-state index in [-0.39, 0.29) is 35.8 Å². The van der Waals surface area contributed by atoms with Gasteiger partial charge in [-0.15, -0.1) is 0 Å². The Morgan fingerprint density at radius 1 is 0.971 bits per heavy atom. The van der Waals surface area contributed by atoms with Crippen LogP contribution >= 0.6 is 0 Å². The lowest BCUT2D eigenvalue weighted by Crippen LogP contribution is -2.39. The molecule has 0 saturated heterocycles. The molecule has 5 heteroatoms. The first-order valence-electron chi connectivity index (χ1n) is 12.2. The van der Waals surface area contributed by atoms with Crippen molar-refractivity contribution in [2.75, 3.05) is 10.2 Å². The molecule has 5 rings (SSSR count). The van der Waals surface area contributed by atoms with E-state index in [4.69, 9.17) is 0 Å². The molecule has 0 bridgehead atoms. The average Bonchev–Trinajstić information content (AvgIpc) is 2.99. The number of hydrogen-bond acceptors (Lipinski definition) is 3. The van der Waals surface area contributed by atoms with Crippen LogP contribution < -0.4 is 10.2 Å². The fraction of sp³-hybridized carbons (Fsp3) is 0.267. The Morgan fingerprint density at radius 3 is 2.43 bits per heavy atom. The molecule has 4 nitrogen and oxygen atoms in total. The second kappa shape index (κ2) is 9.49. The zero-order valence-electron chi connectivity index (χ0n) is 20.0. The van der Waals surface area contributed by atoms with Gasteiger partial charge in [-0.1, -0.05) is 68.4 Å². The van der Waals surface area contributed by atoms with Crippen LogP contribution in [0.4, 0.5) is 15.8 Å². The Hall–Kier alpha value is -3.73. The highest BCUT2D eigenvalue weighted by Crippen LogP contribution is 2.47. The summed E-state index contributed by atoms with van der Waals surface area (Å²) in [6.45, 7) is 4.05. The summed E-state index contributed by atoms with van der Waals surface area (Å²) in [6, 6.07) is 23.5. The number of fused-ring (bicyclic) bond motifs is 1. The zero-order chi connectivity index (χ0) is 24.5. The lowest BCUT2D eigenvalue weighted by Gasteiger charge is -2.35. The predicted molar refractivity (Wildman–Crippen MR) is 137 cm³/mol. The van der Waals surface area contributed by atoms with Gasteiger partial charge >= 0.3 is 0 Å². The highest BCUT2D eigenvalue weighted by atomic mass is 19.1. The number of nitrogens with one attached hydrogen (secondary N) is 1. The van der Waals surface area contributed by atoms with Crippen molar-refractivity contribution in [3.05, 3.63) is 107 Å². The van der Waals surface area contributed by atoms with Crippen molar-refractivity contribution < 1.29 is 14.0 Å². The number of hydrogen-bond donors (Lipinski definition) is 1. The van der Waals surface area contributed by atoms with E-state index in [1.165, 1.54) is 12.1 Å². The van der Waals surface area contributed by atoms with Gasteiger partial charge in [0.25, 0.3) is 0 Å². The Kier molecular flexibility index (Phi) is 6.25. The topological polar surface area (TPSA) is 49.4 Å². The standard InChI is InChI=1S/C30H29FN2O2/c1-19(2)15-28(35)33-26-14-7-6-13-24(26)32-25-17-22(21-11-8-12-23(31)16-21)18-27(34)29(25)30(33)20-9-4-3-5-10-20/h3-14,16,19,22,30,32H,15,17-18H2,1-2H3/t22-,30+/m0/s1. The van der Waals surface area contributed by atoms with E-state index in [1.807, 2.05) is 74.5 Å². The van der Waals surface area contributed by atoms with Gasteiger partial charge < -0.3 is 5.32 Å². The van der Waals surface area contributed by atoms with Gasteiger partial charge in [0.1, 0.15) is 5.82 Å². The van der Waals surface area contributed by atoms with Gasteiger partial charge in [-0.25, -0.2) is 4.39 Å². The van der Waals surface area contributed by atoms with Crippen LogP contribution in [0.25, 0.3) is 0 Å². The number of anilines is 2. The number of para-hydroxylation sites is 2. The first-order valence-corrected chi connectivity index (χ1v) is 12.2. The summed E-state index contributed by atoms with van der Waals surface area (Å²) >= 11 is 0. The monoisotopic (exact) mass is 468 g/mol. The fourth-order valence-electron chi connectivity index (χ4n) is 5.26. The minimum atomic E-state index is -0.533. The Labute approximate surface area is 205 Å². The molecular weight excluding hydrogens is 439 g/mol. The SMILES string of the molecule is CC(C)CC(=O)N1c2ccccc2NC2=C(C(=O)C[C@@H](c3cccc(F)c3)C2)[C@H]1c1ccccc1. The summed E-state index contributed by atoms with van der Waals surface area (Å²) in [5.41, 5.74) is 4.69. The van der Waals surface area contributed by atoms with Crippen LogP contribution in [0.3, 0.4) is 0 Å². The van der Waals surface area contributed by atoms with E-state index in [9.17, 15) is 14.0 Å². The predicted octanol–water partition coefficient (Wildman–Crippen LogP) is 6.77. The van der Waals surface area contributed by atoms with Crippen LogP contribution in [0.2, 0.25) is 0 Å². The van der Waals surface area contributed by atoms with Gasteiger partial charge in [0.15, 0.2) is 5.78 Å². The van der Waals surface area contributed by atoms with Crippen molar-refractivity contribution in [2.24, 2.45) is 5.92 Å². The highest BCUT2D eigenvalue weighted by Gasteiger charge is 2.41. The third-order valence-electron chi connectivity index (χ3n) is 6.78. The molecule has 0 radical (unpaired) electrons. The quantitative estimate of drug-likeness (QED) is 0.460. The Balaban J connectivity index is 1.69. The normalized spacial score (nSPS) is 19.7. The van der Waals surface area contributed by atoms with Crippen LogP contribution in [-0.4, -0.2) is 11.7 Å². The number of carbonyl (C=O) groups excluding carboxylic acids is 2. The van der Waals surface area contributed by atoms with E-state index in [0.717, 1.165) is 28.2 Å². The second-order valence-corrected chi connectivity index (χ2v) is 9.79. The lowest BCUT2D eigenvalue weighted by molar-refractivity contribution is -0.119. The van der Waals surface area contributed by atoms with Crippen LogP contribution in [0.15, 0.2) is 90.1 Å². The van der Waals surface area contributed by atoms with E-state index in [0.29, 0.717) is 18.4 Å². The van der Waals surface area contributed by atoms with Crippen molar-refractivity contribution >= 4 is 23.1 Å². The molecule has 0 saturated carbocycles. The molecule has 2 atom stereocenters. The number of ketones is 1. The second-order valence-electron chi connectivity index (χ2n) is 9.79. The molecular formula is C30H29FN2O2. The van der Waals surface area contributed by atoms with Gasteiger partial charge in [0.2, 0.25) is 5.91 Å². The van der Waals surface area contributed by atoms with Crippen molar-refractivity contribution in [1.82, 2.24) is 0 Å². The largest absolute Gasteiger partial charge is 0.357 e. The maximum atomic E-state index is 14.0. The fourth-order valence-corrected chi connectivity index (χ4v) is 5.26. The van der Waals surface area contributed by atoms with E-state index < -0.39 is 6.04 Å². The van der Waals surface area contributed by atoms with E-state index in [1.54, 1.807) is 11.0 Å². The molecule has 3 aromatic rings. The molecule has 0 aromatic heterocycles. The Morgan fingerprint density at radius 2 is 1.69 bits per heavy atom. The summed E-state index contributed by atoms with van der Waals surface area (Å²) in [6.07, 6.45) is 1.21. The molecule has 178 valence electrons. The highest BCUT2D eigenvalue weighted by molar-refractivity contribution is 6.06. The average molecular weight is 469 g/mol. The summed E-state index contributed by atoms with van der Waals surface area (Å²) in [5, 5.41) is 3.52. The number of Topliss-reactive ketones (excluding diaryl/α,β-unsaturated/α-hetero) is 1. The summed E-state index contributed by atoms with van der Waals surface area (Å²) in [4.78, 5) is 29.4. The van der Waals surface area contributed by atoms with Crippen LogP contribution in [0.1, 0.15) is 56.2 Å². The maximum absolute atomic E-state index is 14.0. The molecule has 0 spiro atoms. The van der Waals surface area contributed by atoms with Gasteiger partial charge in [-0.3, -0.25) is 14.5 Å². The number of halogens is 1. The number of nitrogens with zero attached hydrogens (tertiary/aromatic N) is 1. The van der Waals surface area contributed by atoms with E-state index in [2.05, 4.69) is 5.32 Å². The zero-order valence-corrected chi connectivity index (χ0v) is 20.0. The summed E-state index contributed by atoms with van der Waals surface area (Å²) in [7, 11) is 0. The smallest absolute Gasteiger partial charge is 0.228 e. The van der Waals surface area contributed by atoms with Crippen molar-refractivity contribution in [3.63, 3.8) is 0 Å². The first-order chi connectivity index (χ1) is 16.9. The first kappa shape index (κ1) is 23.0. The van der Waals surface area contributed by atoms with Crippen LogP contribution in [0, 0.1) is 11.7 Å². The lowest BCUT2D eigenvalue weighted by atomic mass is 9.78. The molecule has 2 aliphatic rings.